The summed E-state index contributed by atoms with van der Waals surface area (Å²) in [5.74, 6) is 0.0754. The molecule has 1 N–H and O–H groups in total. The van der Waals surface area contributed by atoms with E-state index in [1.807, 2.05) is 14.0 Å². The number of hydrogen-bond donors (Lipinski definition) is 1. The lowest BCUT2D eigenvalue weighted by atomic mass is 9.76. The van der Waals surface area contributed by atoms with E-state index in [4.69, 9.17) is 4.74 Å². The molecule has 1 aliphatic rings. The SMILES string of the molecule is COc1cc(C(F)(F)F)ccc1-c1nnc([C@@H](O)[C@]2(C)CCCN(C)C2)cc1C. The molecule has 1 aliphatic heterocycles. The summed E-state index contributed by atoms with van der Waals surface area (Å²) in [6.07, 6.45) is -3.35. The summed E-state index contributed by atoms with van der Waals surface area (Å²) in [6.45, 7) is 5.59. The number of hydrogen-bond acceptors (Lipinski definition) is 5. The zero-order valence-electron chi connectivity index (χ0n) is 17.0. The average Bonchev–Trinajstić information content (AvgIpc) is 2.66. The van der Waals surface area contributed by atoms with E-state index in [0.717, 1.165) is 38.1 Å². The number of benzene rings is 1. The average molecular weight is 409 g/mol. The Bertz CT molecular complexity index is 888. The summed E-state index contributed by atoms with van der Waals surface area (Å²) < 4.78 is 44.1. The monoisotopic (exact) mass is 409 g/mol. The summed E-state index contributed by atoms with van der Waals surface area (Å²) in [5, 5.41) is 19.4. The number of piperidine rings is 1. The second kappa shape index (κ2) is 7.91. The maximum absolute atomic E-state index is 13.0. The summed E-state index contributed by atoms with van der Waals surface area (Å²) in [7, 11) is 3.35. The summed E-state index contributed by atoms with van der Waals surface area (Å²) in [5.41, 5.74) is 0.911. The maximum Gasteiger partial charge on any atom is 0.416 e. The number of aliphatic hydroxyl groups excluding tert-OH is 1. The topological polar surface area (TPSA) is 58.5 Å². The minimum atomic E-state index is -4.46. The van der Waals surface area contributed by atoms with Crippen LogP contribution in [-0.4, -0.2) is 47.5 Å². The molecule has 0 bridgehead atoms. The van der Waals surface area contributed by atoms with E-state index in [-0.39, 0.29) is 11.2 Å². The van der Waals surface area contributed by atoms with Crippen molar-refractivity contribution in [3.63, 3.8) is 0 Å². The highest BCUT2D eigenvalue weighted by molar-refractivity contribution is 5.70. The number of aryl methyl sites for hydroxylation is 1. The van der Waals surface area contributed by atoms with E-state index < -0.39 is 17.8 Å². The number of likely N-dealkylation sites (tertiary alicyclic amines) is 1. The Morgan fingerprint density at radius 3 is 2.55 bits per heavy atom. The van der Waals surface area contributed by atoms with Crippen molar-refractivity contribution < 1.29 is 23.0 Å². The van der Waals surface area contributed by atoms with Crippen LogP contribution in [0.15, 0.2) is 24.3 Å². The standard InChI is InChI=1S/C21H26F3N3O2/c1-13-10-16(19(28)20(2)8-5-9-27(3)12-20)25-26-18(13)15-7-6-14(21(22,23)24)11-17(15)29-4/h6-7,10-11,19,28H,5,8-9,12H2,1-4H3/t19-,20-/m1/s1. The molecule has 29 heavy (non-hydrogen) atoms. The third-order valence-electron chi connectivity index (χ3n) is 5.65. The van der Waals surface area contributed by atoms with Crippen molar-refractivity contribution in [3.8, 4) is 17.0 Å². The molecular weight excluding hydrogens is 383 g/mol. The van der Waals surface area contributed by atoms with Gasteiger partial charge in [0.15, 0.2) is 0 Å². The second-order valence-electron chi connectivity index (χ2n) is 8.11. The van der Waals surface area contributed by atoms with Gasteiger partial charge in [-0.1, -0.05) is 6.92 Å². The molecule has 2 heterocycles. The van der Waals surface area contributed by atoms with Crippen LogP contribution < -0.4 is 4.74 Å². The van der Waals surface area contributed by atoms with Crippen LogP contribution in [0.2, 0.25) is 0 Å². The summed E-state index contributed by atoms with van der Waals surface area (Å²) >= 11 is 0. The molecule has 0 radical (unpaired) electrons. The maximum atomic E-state index is 13.0. The van der Waals surface area contributed by atoms with E-state index in [2.05, 4.69) is 15.1 Å². The first-order valence-electron chi connectivity index (χ1n) is 9.51. The lowest BCUT2D eigenvalue weighted by molar-refractivity contribution is -0.137. The van der Waals surface area contributed by atoms with Gasteiger partial charge in [-0.05, 0) is 63.2 Å². The van der Waals surface area contributed by atoms with Crippen molar-refractivity contribution in [1.29, 1.82) is 0 Å². The van der Waals surface area contributed by atoms with Gasteiger partial charge in [-0.3, -0.25) is 0 Å². The molecule has 3 rings (SSSR count). The minimum Gasteiger partial charge on any atom is -0.496 e. The van der Waals surface area contributed by atoms with E-state index in [1.54, 1.807) is 13.0 Å². The Balaban J connectivity index is 1.94. The van der Waals surface area contributed by atoms with Crippen LogP contribution in [0.1, 0.15) is 42.7 Å². The minimum absolute atomic E-state index is 0.0754. The van der Waals surface area contributed by atoms with Crippen molar-refractivity contribution in [2.75, 3.05) is 27.2 Å². The fraction of sp³-hybridized carbons (Fsp3) is 0.524. The lowest BCUT2D eigenvalue weighted by Crippen LogP contribution is -2.43. The van der Waals surface area contributed by atoms with E-state index in [0.29, 0.717) is 22.5 Å². The number of alkyl halides is 3. The molecule has 5 nitrogen and oxygen atoms in total. The molecule has 1 fully saturated rings. The van der Waals surface area contributed by atoms with Crippen molar-refractivity contribution in [2.24, 2.45) is 5.41 Å². The molecule has 2 aromatic rings. The van der Waals surface area contributed by atoms with Crippen molar-refractivity contribution >= 4 is 0 Å². The van der Waals surface area contributed by atoms with Crippen LogP contribution in [-0.2, 0) is 6.18 Å². The van der Waals surface area contributed by atoms with Gasteiger partial charge in [0.1, 0.15) is 11.9 Å². The molecule has 1 aromatic carbocycles. The number of rotatable bonds is 4. The molecule has 0 unspecified atom stereocenters. The van der Waals surface area contributed by atoms with Crippen molar-refractivity contribution in [3.05, 3.63) is 41.1 Å². The highest BCUT2D eigenvalue weighted by atomic mass is 19.4. The molecule has 1 saturated heterocycles. The number of nitrogens with zero attached hydrogens (tertiary/aromatic N) is 3. The molecule has 1 aromatic heterocycles. The van der Waals surface area contributed by atoms with Gasteiger partial charge in [0, 0.05) is 17.5 Å². The highest BCUT2D eigenvalue weighted by Gasteiger charge is 2.38. The number of methoxy groups -OCH3 is 1. The molecule has 0 spiro atoms. The van der Waals surface area contributed by atoms with Crippen LogP contribution in [0.4, 0.5) is 13.2 Å². The van der Waals surface area contributed by atoms with Crippen LogP contribution in [0, 0.1) is 12.3 Å². The van der Waals surface area contributed by atoms with Gasteiger partial charge in [-0.15, -0.1) is 5.10 Å². The molecule has 0 amide bonds. The van der Waals surface area contributed by atoms with Gasteiger partial charge in [-0.25, -0.2) is 0 Å². The Labute approximate surface area is 168 Å². The molecular formula is C21H26F3N3O2. The predicted octanol–water partition coefficient (Wildman–Crippen LogP) is 4.24. The van der Waals surface area contributed by atoms with Gasteiger partial charge >= 0.3 is 6.18 Å². The zero-order chi connectivity index (χ0) is 21.4. The second-order valence-corrected chi connectivity index (χ2v) is 8.11. The predicted molar refractivity (Wildman–Crippen MR) is 104 cm³/mol. The Hall–Kier alpha value is -2.19. The summed E-state index contributed by atoms with van der Waals surface area (Å²) in [4.78, 5) is 2.19. The lowest BCUT2D eigenvalue weighted by Gasteiger charge is -2.41. The number of aliphatic hydroxyl groups is 1. The summed E-state index contributed by atoms with van der Waals surface area (Å²) in [6, 6.07) is 5.05. The van der Waals surface area contributed by atoms with E-state index >= 15 is 0 Å². The third kappa shape index (κ3) is 4.38. The van der Waals surface area contributed by atoms with Gasteiger partial charge < -0.3 is 14.7 Å². The van der Waals surface area contributed by atoms with Crippen LogP contribution >= 0.6 is 0 Å². The molecule has 8 heteroatoms. The Morgan fingerprint density at radius 1 is 1.24 bits per heavy atom. The molecule has 2 atom stereocenters. The normalized spacial score (nSPS) is 21.8. The van der Waals surface area contributed by atoms with E-state index in [1.165, 1.54) is 13.2 Å². The van der Waals surface area contributed by atoms with Gasteiger partial charge in [-0.2, -0.15) is 18.3 Å². The Kier molecular flexibility index (Phi) is 5.87. The molecule has 0 saturated carbocycles. The van der Waals surface area contributed by atoms with Gasteiger partial charge in [0.05, 0.1) is 24.1 Å². The first-order valence-corrected chi connectivity index (χ1v) is 9.51. The number of aromatic nitrogens is 2. The third-order valence-corrected chi connectivity index (χ3v) is 5.65. The number of ether oxygens (including phenoxy) is 1. The fourth-order valence-corrected chi connectivity index (χ4v) is 4.08. The first kappa shape index (κ1) is 21.5. The van der Waals surface area contributed by atoms with E-state index in [9.17, 15) is 18.3 Å². The highest BCUT2D eigenvalue weighted by Crippen LogP contribution is 2.41. The van der Waals surface area contributed by atoms with Crippen LogP contribution in [0.5, 0.6) is 5.75 Å². The molecule has 158 valence electrons. The van der Waals surface area contributed by atoms with Crippen molar-refractivity contribution in [1.82, 2.24) is 15.1 Å². The van der Waals surface area contributed by atoms with Crippen LogP contribution in [0.25, 0.3) is 11.3 Å². The largest absolute Gasteiger partial charge is 0.496 e. The van der Waals surface area contributed by atoms with Gasteiger partial charge in [0.25, 0.3) is 0 Å². The smallest absolute Gasteiger partial charge is 0.416 e. The quantitative estimate of drug-likeness (QED) is 0.818. The van der Waals surface area contributed by atoms with Crippen molar-refractivity contribution in [2.45, 2.75) is 39.0 Å². The molecule has 0 aliphatic carbocycles. The Morgan fingerprint density at radius 2 is 1.97 bits per heavy atom. The van der Waals surface area contributed by atoms with Crippen LogP contribution in [0.3, 0.4) is 0 Å². The number of halogens is 3. The zero-order valence-corrected chi connectivity index (χ0v) is 17.0. The first-order chi connectivity index (χ1) is 13.5. The fourth-order valence-electron chi connectivity index (χ4n) is 4.08. The van der Waals surface area contributed by atoms with Gasteiger partial charge in [0.2, 0.25) is 0 Å².